The summed E-state index contributed by atoms with van der Waals surface area (Å²) >= 11 is 0. The van der Waals surface area contributed by atoms with Gasteiger partial charge in [0.1, 0.15) is 0 Å². The number of nitrogens with zero attached hydrogens (tertiary/aromatic N) is 1. The number of rotatable bonds is 8. The van der Waals surface area contributed by atoms with Crippen molar-refractivity contribution in [3.8, 4) is 0 Å². The standard InChI is InChI=1S/C15H24N2O3S/c1-12-4-6-14(7-5-12)13(2)17(3)9-11-21(19,20)10-8-15(16)18/h4-7,13H,8-11H2,1-3H3,(H2,16,18)/t13-/m1/s1. The molecule has 0 saturated heterocycles. The van der Waals surface area contributed by atoms with E-state index >= 15 is 0 Å². The molecule has 0 saturated carbocycles. The van der Waals surface area contributed by atoms with Crippen molar-refractivity contribution in [2.24, 2.45) is 5.73 Å². The number of sulfone groups is 1. The molecule has 1 aromatic carbocycles. The lowest BCUT2D eigenvalue weighted by atomic mass is 10.1. The number of benzene rings is 1. The maximum absolute atomic E-state index is 11.8. The molecule has 0 heterocycles. The summed E-state index contributed by atoms with van der Waals surface area (Å²) in [6.07, 6.45) is -0.112. The van der Waals surface area contributed by atoms with Crippen molar-refractivity contribution in [1.82, 2.24) is 4.90 Å². The molecule has 0 aliphatic carbocycles. The highest BCUT2D eigenvalue weighted by molar-refractivity contribution is 7.91. The minimum Gasteiger partial charge on any atom is -0.370 e. The minimum absolute atomic E-state index is 0.0347. The van der Waals surface area contributed by atoms with E-state index in [9.17, 15) is 13.2 Å². The minimum atomic E-state index is -3.24. The summed E-state index contributed by atoms with van der Waals surface area (Å²) < 4.78 is 23.6. The maximum atomic E-state index is 11.8. The first kappa shape index (κ1) is 17.7. The second-order valence-corrected chi connectivity index (χ2v) is 7.74. The van der Waals surface area contributed by atoms with E-state index in [0.29, 0.717) is 6.54 Å². The molecule has 1 atom stereocenters. The number of primary amides is 1. The zero-order chi connectivity index (χ0) is 16.0. The molecule has 0 aliphatic heterocycles. The fourth-order valence-corrected chi connectivity index (χ4v) is 3.22. The Labute approximate surface area is 127 Å². The molecule has 5 nitrogen and oxygen atoms in total. The van der Waals surface area contributed by atoms with Crippen LogP contribution >= 0.6 is 0 Å². The first-order valence-corrected chi connectivity index (χ1v) is 8.79. The molecule has 21 heavy (non-hydrogen) atoms. The van der Waals surface area contributed by atoms with E-state index in [1.807, 2.05) is 37.9 Å². The predicted molar refractivity (Wildman–Crippen MR) is 84.7 cm³/mol. The SMILES string of the molecule is Cc1ccc([C@@H](C)N(C)CCS(=O)(=O)CCC(N)=O)cc1. The van der Waals surface area contributed by atoms with Crippen LogP contribution in [0.25, 0.3) is 0 Å². The van der Waals surface area contributed by atoms with Crippen molar-refractivity contribution in [2.45, 2.75) is 26.3 Å². The van der Waals surface area contributed by atoms with Crippen LogP contribution in [0.4, 0.5) is 0 Å². The van der Waals surface area contributed by atoms with Crippen LogP contribution in [0.5, 0.6) is 0 Å². The van der Waals surface area contributed by atoms with Gasteiger partial charge >= 0.3 is 0 Å². The maximum Gasteiger partial charge on any atom is 0.218 e. The number of aryl methyl sites for hydroxylation is 1. The average Bonchev–Trinajstić information content (AvgIpc) is 2.43. The lowest BCUT2D eigenvalue weighted by molar-refractivity contribution is -0.117. The van der Waals surface area contributed by atoms with Gasteiger partial charge in [0, 0.05) is 19.0 Å². The molecule has 0 aromatic heterocycles. The van der Waals surface area contributed by atoms with Crippen LogP contribution in [0.3, 0.4) is 0 Å². The van der Waals surface area contributed by atoms with E-state index in [4.69, 9.17) is 5.73 Å². The van der Waals surface area contributed by atoms with E-state index in [2.05, 4.69) is 12.1 Å². The van der Waals surface area contributed by atoms with E-state index in [0.717, 1.165) is 5.56 Å². The molecule has 0 aliphatic rings. The molecule has 0 bridgehead atoms. The van der Waals surface area contributed by atoms with Crippen LogP contribution in [0.15, 0.2) is 24.3 Å². The van der Waals surface area contributed by atoms with Crippen molar-refractivity contribution in [3.63, 3.8) is 0 Å². The van der Waals surface area contributed by atoms with E-state index in [1.54, 1.807) is 0 Å². The summed E-state index contributed by atoms with van der Waals surface area (Å²) in [6.45, 7) is 4.50. The predicted octanol–water partition coefficient (Wildman–Crippen LogP) is 1.28. The average molecular weight is 312 g/mol. The lowest BCUT2D eigenvalue weighted by Gasteiger charge is -2.25. The molecule has 118 valence electrons. The molecule has 1 amide bonds. The summed E-state index contributed by atoms with van der Waals surface area (Å²) in [4.78, 5) is 12.6. The molecular formula is C15H24N2O3S. The Morgan fingerprint density at radius 3 is 2.33 bits per heavy atom. The normalized spacial score (nSPS) is 13.3. The fraction of sp³-hybridized carbons (Fsp3) is 0.533. The third-order valence-electron chi connectivity index (χ3n) is 3.64. The largest absolute Gasteiger partial charge is 0.370 e. The highest BCUT2D eigenvalue weighted by Crippen LogP contribution is 2.18. The molecule has 2 N–H and O–H groups in total. The molecule has 0 radical (unpaired) electrons. The summed E-state index contributed by atoms with van der Waals surface area (Å²) in [6, 6.07) is 8.33. The van der Waals surface area contributed by atoms with E-state index in [-0.39, 0.29) is 24.0 Å². The molecule has 1 aromatic rings. The van der Waals surface area contributed by atoms with Gasteiger partial charge in [0.15, 0.2) is 9.84 Å². The number of amides is 1. The third kappa shape index (κ3) is 6.27. The van der Waals surface area contributed by atoms with E-state index < -0.39 is 15.7 Å². The van der Waals surface area contributed by atoms with Crippen molar-refractivity contribution >= 4 is 15.7 Å². The van der Waals surface area contributed by atoms with Crippen LogP contribution in [-0.2, 0) is 14.6 Å². The van der Waals surface area contributed by atoms with Gasteiger partial charge in [0.05, 0.1) is 11.5 Å². The van der Waals surface area contributed by atoms with Gasteiger partial charge in [-0.3, -0.25) is 9.69 Å². The number of hydrogen-bond acceptors (Lipinski definition) is 4. The van der Waals surface area contributed by atoms with Crippen molar-refractivity contribution in [2.75, 3.05) is 25.1 Å². The smallest absolute Gasteiger partial charge is 0.218 e. The molecule has 1 rings (SSSR count). The Kier molecular flexibility index (Phi) is 6.36. The second-order valence-electron chi connectivity index (χ2n) is 5.44. The lowest BCUT2D eigenvalue weighted by Crippen LogP contribution is -2.30. The summed E-state index contributed by atoms with van der Waals surface area (Å²) in [7, 11) is -1.34. The van der Waals surface area contributed by atoms with Gasteiger partial charge in [-0.05, 0) is 26.5 Å². The van der Waals surface area contributed by atoms with Gasteiger partial charge in [0.2, 0.25) is 5.91 Å². The van der Waals surface area contributed by atoms with Crippen molar-refractivity contribution in [3.05, 3.63) is 35.4 Å². The quantitative estimate of drug-likeness (QED) is 0.784. The van der Waals surface area contributed by atoms with E-state index in [1.165, 1.54) is 5.56 Å². The van der Waals surface area contributed by atoms with Gasteiger partial charge in [-0.15, -0.1) is 0 Å². The van der Waals surface area contributed by atoms with Crippen LogP contribution in [0.2, 0.25) is 0 Å². The molecule has 0 unspecified atom stereocenters. The van der Waals surface area contributed by atoms with Gasteiger partial charge in [-0.25, -0.2) is 8.42 Å². The van der Waals surface area contributed by atoms with Crippen LogP contribution in [0.1, 0.15) is 30.5 Å². The van der Waals surface area contributed by atoms with Gasteiger partial charge in [-0.1, -0.05) is 29.8 Å². The first-order chi connectivity index (χ1) is 9.71. The summed E-state index contributed by atoms with van der Waals surface area (Å²) in [5.41, 5.74) is 7.33. The Bertz CT molecular complexity index is 567. The fourth-order valence-electron chi connectivity index (χ4n) is 1.93. The Hall–Kier alpha value is -1.40. The number of carbonyl (C=O) groups excluding carboxylic acids is 1. The number of nitrogens with two attached hydrogens (primary N) is 1. The van der Waals surface area contributed by atoms with Gasteiger partial charge in [0.25, 0.3) is 0 Å². The third-order valence-corrected chi connectivity index (χ3v) is 5.27. The highest BCUT2D eigenvalue weighted by Gasteiger charge is 2.17. The summed E-state index contributed by atoms with van der Waals surface area (Å²) in [5.74, 6) is -0.720. The molecule has 0 spiro atoms. The number of carbonyl (C=O) groups is 1. The Morgan fingerprint density at radius 2 is 1.81 bits per heavy atom. The monoisotopic (exact) mass is 312 g/mol. The zero-order valence-electron chi connectivity index (χ0n) is 12.9. The second kappa shape index (κ2) is 7.56. The van der Waals surface area contributed by atoms with Crippen LogP contribution in [-0.4, -0.2) is 44.3 Å². The van der Waals surface area contributed by atoms with Gasteiger partial charge in [-0.2, -0.15) is 0 Å². The Balaban J connectivity index is 2.54. The topological polar surface area (TPSA) is 80.5 Å². The van der Waals surface area contributed by atoms with Gasteiger partial charge < -0.3 is 5.73 Å². The Morgan fingerprint density at radius 1 is 1.24 bits per heavy atom. The zero-order valence-corrected chi connectivity index (χ0v) is 13.7. The number of hydrogen-bond donors (Lipinski definition) is 1. The first-order valence-electron chi connectivity index (χ1n) is 6.97. The van der Waals surface area contributed by atoms with Crippen LogP contribution < -0.4 is 5.73 Å². The van der Waals surface area contributed by atoms with Crippen LogP contribution in [0, 0.1) is 6.92 Å². The molecule has 0 fully saturated rings. The highest BCUT2D eigenvalue weighted by atomic mass is 32.2. The van der Waals surface area contributed by atoms with Crippen molar-refractivity contribution < 1.29 is 13.2 Å². The summed E-state index contributed by atoms with van der Waals surface area (Å²) in [5, 5.41) is 0. The molecular weight excluding hydrogens is 288 g/mol. The molecule has 6 heteroatoms. The van der Waals surface area contributed by atoms with Crippen molar-refractivity contribution in [1.29, 1.82) is 0 Å².